The van der Waals surface area contributed by atoms with Gasteiger partial charge in [-0.1, -0.05) is 71.7 Å². The lowest BCUT2D eigenvalue weighted by Crippen LogP contribution is -2.62. The highest BCUT2D eigenvalue weighted by Crippen LogP contribution is 2.23. The first-order valence-electron chi connectivity index (χ1n) is 11.7. The van der Waals surface area contributed by atoms with Crippen molar-refractivity contribution in [2.45, 2.75) is 37.4 Å². The van der Waals surface area contributed by atoms with Crippen molar-refractivity contribution in [3.05, 3.63) is 93.1 Å². The third-order valence-corrected chi connectivity index (χ3v) is 7.69. The van der Waals surface area contributed by atoms with Gasteiger partial charge in [0.05, 0.1) is 6.42 Å². The molecule has 36 heavy (non-hydrogen) atoms. The third kappa shape index (κ3) is 6.87. The molecule has 1 aromatic heterocycles. The van der Waals surface area contributed by atoms with E-state index < -0.39 is 11.5 Å². The summed E-state index contributed by atoms with van der Waals surface area (Å²) in [5.41, 5.74) is 1.13. The number of nitrogens with one attached hydrogen (secondary N) is 1. The Morgan fingerprint density at radius 2 is 1.78 bits per heavy atom. The van der Waals surface area contributed by atoms with Gasteiger partial charge in [-0.15, -0.1) is 11.3 Å². The number of carbonyl (C=O) groups excluding carboxylic acids is 3. The quantitative estimate of drug-likeness (QED) is 0.302. The number of rotatable bonds is 10. The SMILES string of the molecule is O=C(CC1C(=O)N(C(Cl)Cc2ccc(Cl)cc2)CC(=O)N1CCc1cccs1)NCc1ccccc1. The van der Waals surface area contributed by atoms with E-state index in [-0.39, 0.29) is 30.7 Å². The molecule has 1 saturated heterocycles. The molecule has 3 amide bonds. The maximum atomic E-state index is 13.6. The first kappa shape index (κ1) is 26.2. The Labute approximate surface area is 224 Å². The van der Waals surface area contributed by atoms with E-state index in [1.807, 2.05) is 60.0 Å². The molecular formula is C27H27Cl2N3O3S. The molecule has 3 aromatic rings. The number of hydrogen-bond donors (Lipinski definition) is 1. The zero-order valence-corrected chi connectivity index (χ0v) is 21.9. The number of nitrogens with zero attached hydrogens (tertiary/aromatic N) is 2. The second-order valence-corrected chi connectivity index (χ2v) is 10.6. The molecule has 0 saturated carbocycles. The Hall–Kier alpha value is -2.87. The van der Waals surface area contributed by atoms with Gasteiger partial charge >= 0.3 is 0 Å². The van der Waals surface area contributed by atoms with Crippen LogP contribution in [0.25, 0.3) is 0 Å². The monoisotopic (exact) mass is 543 g/mol. The Kier molecular flexibility index (Phi) is 9.02. The Morgan fingerprint density at radius 1 is 1.03 bits per heavy atom. The van der Waals surface area contributed by atoms with E-state index in [1.54, 1.807) is 23.5 Å². The zero-order chi connectivity index (χ0) is 25.5. The summed E-state index contributed by atoms with van der Waals surface area (Å²) >= 11 is 14.2. The highest BCUT2D eigenvalue weighted by molar-refractivity contribution is 7.09. The van der Waals surface area contributed by atoms with Crippen LogP contribution in [-0.2, 0) is 33.8 Å². The average molecular weight is 545 g/mol. The topological polar surface area (TPSA) is 69.7 Å². The molecule has 2 heterocycles. The molecule has 188 valence electrons. The molecule has 0 radical (unpaired) electrons. The van der Waals surface area contributed by atoms with Crippen LogP contribution in [0, 0.1) is 0 Å². The largest absolute Gasteiger partial charge is 0.352 e. The molecule has 0 aliphatic carbocycles. The van der Waals surface area contributed by atoms with E-state index in [0.29, 0.717) is 31.0 Å². The second kappa shape index (κ2) is 12.4. The van der Waals surface area contributed by atoms with E-state index in [0.717, 1.165) is 16.0 Å². The van der Waals surface area contributed by atoms with Crippen molar-refractivity contribution >= 4 is 52.3 Å². The van der Waals surface area contributed by atoms with Crippen molar-refractivity contribution in [1.82, 2.24) is 15.1 Å². The van der Waals surface area contributed by atoms with Crippen molar-refractivity contribution in [3.63, 3.8) is 0 Å². The van der Waals surface area contributed by atoms with Gasteiger partial charge in [-0.05, 0) is 41.1 Å². The van der Waals surface area contributed by atoms with Crippen molar-refractivity contribution < 1.29 is 14.4 Å². The fraction of sp³-hybridized carbons (Fsp3) is 0.296. The number of halogens is 2. The van der Waals surface area contributed by atoms with Gasteiger partial charge < -0.3 is 15.1 Å². The van der Waals surface area contributed by atoms with E-state index in [2.05, 4.69) is 5.32 Å². The maximum absolute atomic E-state index is 13.6. The number of alkyl halides is 1. The fourth-order valence-electron chi connectivity index (χ4n) is 4.18. The molecule has 9 heteroatoms. The molecule has 0 bridgehead atoms. The van der Waals surface area contributed by atoms with Crippen molar-refractivity contribution in [2.75, 3.05) is 13.1 Å². The minimum absolute atomic E-state index is 0.118. The maximum Gasteiger partial charge on any atom is 0.247 e. The fourth-order valence-corrected chi connectivity index (χ4v) is 5.35. The van der Waals surface area contributed by atoms with Crippen LogP contribution < -0.4 is 5.32 Å². The van der Waals surface area contributed by atoms with Crippen LogP contribution in [0.1, 0.15) is 22.4 Å². The molecular weight excluding hydrogens is 517 g/mol. The summed E-state index contributed by atoms with van der Waals surface area (Å²) in [6.07, 6.45) is 0.858. The highest BCUT2D eigenvalue weighted by atomic mass is 35.5. The van der Waals surface area contributed by atoms with Gasteiger partial charge in [-0.3, -0.25) is 14.4 Å². The molecule has 2 aromatic carbocycles. The summed E-state index contributed by atoms with van der Waals surface area (Å²) in [4.78, 5) is 43.7. The van der Waals surface area contributed by atoms with Crippen LogP contribution in [0.15, 0.2) is 72.1 Å². The molecule has 1 aliphatic rings. The summed E-state index contributed by atoms with van der Waals surface area (Å²) in [5, 5.41) is 5.45. The van der Waals surface area contributed by atoms with Crippen molar-refractivity contribution in [3.8, 4) is 0 Å². The standard InChI is InChI=1S/C27H27Cl2N3O3S/c28-21-10-8-19(9-11-21)15-24(29)32-18-26(34)31(13-12-22-7-4-14-36-22)23(27(32)35)16-25(33)30-17-20-5-2-1-3-6-20/h1-11,14,23-24H,12-13,15-18H2,(H,30,33). The lowest BCUT2D eigenvalue weighted by molar-refractivity contribution is -0.158. The normalized spacial score (nSPS) is 16.8. The number of thiophene rings is 1. The molecule has 6 nitrogen and oxygen atoms in total. The highest BCUT2D eigenvalue weighted by Gasteiger charge is 2.42. The number of amides is 3. The number of piperazine rings is 1. The van der Waals surface area contributed by atoms with Crippen LogP contribution in [0.4, 0.5) is 0 Å². The van der Waals surface area contributed by atoms with E-state index in [9.17, 15) is 14.4 Å². The predicted octanol–water partition coefficient (Wildman–Crippen LogP) is 4.50. The molecule has 1 N–H and O–H groups in total. The molecule has 1 aliphatic heterocycles. The lowest BCUT2D eigenvalue weighted by Gasteiger charge is -2.41. The van der Waals surface area contributed by atoms with Gasteiger partial charge in [0, 0.05) is 29.4 Å². The molecule has 1 fully saturated rings. The number of hydrogen-bond acceptors (Lipinski definition) is 4. The van der Waals surface area contributed by atoms with Gasteiger partial charge in [-0.2, -0.15) is 0 Å². The van der Waals surface area contributed by atoms with E-state index in [1.165, 1.54) is 9.80 Å². The molecule has 2 unspecified atom stereocenters. The smallest absolute Gasteiger partial charge is 0.247 e. The zero-order valence-electron chi connectivity index (χ0n) is 19.6. The van der Waals surface area contributed by atoms with Crippen LogP contribution in [-0.4, -0.2) is 52.2 Å². The van der Waals surface area contributed by atoms with E-state index >= 15 is 0 Å². The lowest BCUT2D eigenvalue weighted by atomic mass is 10.0. The van der Waals surface area contributed by atoms with Gasteiger partial charge in [0.15, 0.2) is 0 Å². The first-order chi connectivity index (χ1) is 17.4. The number of carbonyl (C=O) groups is 3. The van der Waals surface area contributed by atoms with Crippen molar-refractivity contribution in [1.29, 1.82) is 0 Å². The summed E-state index contributed by atoms with van der Waals surface area (Å²) in [7, 11) is 0. The van der Waals surface area contributed by atoms with Crippen LogP contribution in [0.5, 0.6) is 0 Å². The summed E-state index contributed by atoms with van der Waals surface area (Å²) in [6.45, 7) is 0.592. The summed E-state index contributed by atoms with van der Waals surface area (Å²) in [5.74, 6) is -0.824. The van der Waals surface area contributed by atoms with Gasteiger partial charge in [0.2, 0.25) is 17.7 Å². The summed E-state index contributed by atoms with van der Waals surface area (Å²) in [6, 6.07) is 19.8. The minimum atomic E-state index is -0.909. The van der Waals surface area contributed by atoms with Crippen LogP contribution in [0.3, 0.4) is 0 Å². The Morgan fingerprint density at radius 3 is 2.47 bits per heavy atom. The van der Waals surface area contributed by atoms with Crippen molar-refractivity contribution in [2.24, 2.45) is 0 Å². The number of benzene rings is 2. The van der Waals surface area contributed by atoms with Gasteiger partial charge in [0.1, 0.15) is 18.1 Å². The van der Waals surface area contributed by atoms with Crippen LogP contribution >= 0.6 is 34.5 Å². The predicted molar refractivity (Wildman–Crippen MR) is 143 cm³/mol. The third-order valence-electron chi connectivity index (χ3n) is 6.12. The Bertz CT molecular complexity index is 1170. The van der Waals surface area contributed by atoms with Gasteiger partial charge in [0.25, 0.3) is 0 Å². The first-order valence-corrected chi connectivity index (χ1v) is 13.4. The van der Waals surface area contributed by atoms with Crippen LogP contribution in [0.2, 0.25) is 5.02 Å². The summed E-state index contributed by atoms with van der Waals surface area (Å²) < 4.78 is 0. The van der Waals surface area contributed by atoms with E-state index in [4.69, 9.17) is 23.2 Å². The van der Waals surface area contributed by atoms with Gasteiger partial charge in [-0.25, -0.2) is 0 Å². The molecule has 4 rings (SSSR count). The Balaban J connectivity index is 1.47. The molecule has 0 spiro atoms. The second-order valence-electron chi connectivity index (χ2n) is 8.63. The average Bonchev–Trinajstić information content (AvgIpc) is 3.40. The molecule has 2 atom stereocenters. The minimum Gasteiger partial charge on any atom is -0.352 e.